The highest BCUT2D eigenvalue weighted by Gasteiger charge is 2.26. The van der Waals surface area contributed by atoms with E-state index in [0.29, 0.717) is 24.4 Å². The number of hydrogen-bond acceptors (Lipinski definition) is 5. The Labute approximate surface area is 173 Å². The predicted molar refractivity (Wildman–Crippen MR) is 116 cm³/mol. The number of amides is 2. The molecule has 2 aliphatic rings. The fraction of sp³-hybridized carbons (Fsp3) is 0.478. The molecule has 1 aromatic rings. The average molecular weight is 397 g/mol. The molecule has 1 fully saturated rings. The number of imide groups is 1. The fourth-order valence-corrected chi connectivity index (χ4v) is 3.91. The van der Waals surface area contributed by atoms with Gasteiger partial charge in [0.15, 0.2) is 0 Å². The summed E-state index contributed by atoms with van der Waals surface area (Å²) >= 11 is 0. The van der Waals surface area contributed by atoms with Crippen molar-refractivity contribution >= 4 is 17.5 Å². The third kappa shape index (κ3) is 6.75. The summed E-state index contributed by atoms with van der Waals surface area (Å²) in [6.45, 7) is 2.86. The van der Waals surface area contributed by atoms with Gasteiger partial charge in [0.2, 0.25) is 11.8 Å². The minimum Gasteiger partial charge on any atom is -0.399 e. The maximum absolute atomic E-state index is 12.4. The highest BCUT2D eigenvalue weighted by molar-refractivity contribution is 5.96. The lowest BCUT2D eigenvalue weighted by molar-refractivity contribution is -0.133. The number of allylic oxidation sites excluding steroid dienone is 3. The zero-order chi connectivity index (χ0) is 20.6. The van der Waals surface area contributed by atoms with Crippen molar-refractivity contribution in [2.75, 3.05) is 25.4 Å². The van der Waals surface area contributed by atoms with Crippen molar-refractivity contribution in [1.29, 1.82) is 0 Å². The van der Waals surface area contributed by atoms with Crippen molar-refractivity contribution in [2.45, 2.75) is 38.5 Å². The highest BCUT2D eigenvalue weighted by atomic mass is 16.2. The quantitative estimate of drug-likeness (QED) is 0.614. The minimum atomic E-state index is -0.203. The van der Waals surface area contributed by atoms with E-state index in [9.17, 15) is 9.59 Å². The number of carbonyl (C=O) groups is 2. The number of rotatable bonds is 7. The van der Waals surface area contributed by atoms with Crippen molar-refractivity contribution in [2.24, 2.45) is 17.6 Å². The van der Waals surface area contributed by atoms with Gasteiger partial charge in [-0.1, -0.05) is 24.3 Å². The molecule has 1 heterocycles. The molecular weight excluding hydrogens is 364 g/mol. The van der Waals surface area contributed by atoms with E-state index >= 15 is 0 Å². The van der Waals surface area contributed by atoms with E-state index in [1.165, 1.54) is 0 Å². The van der Waals surface area contributed by atoms with Gasteiger partial charge in [0.05, 0.1) is 0 Å². The molecule has 0 radical (unpaired) electrons. The first-order valence-electron chi connectivity index (χ1n) is 10.5. The van der Waals surface area contributed by atoms with Crippen LogP contribution in [0.2, 0.25) is 0 Å². The smallest absolute Gasteiger partial charge is 0.229 e. The van der Waals surface area contributed by atoms with Crippen LogP contribution in [0.25, 0.3) is 0 Å². The van der Waals surface area contributed by atoms with Crippen molar-refractivity contribution < 1.29 is 9.59 Å². The number of carbonyl (C=O) groups excluding carboxylic acids is 2. The minimum absolute atomic E-state index is 0.0657. The van der Waals surface area contributed by atoms with Gasteiger partial charge in [-0.05, 0) is 81.4 Å². The first kappa shape index (κ1) is 21.1. The predicted octanol–water partition coefficient (Wildman–Crippen LogP) is 2.37. The van der Waals surface area contributed by atoms with E-state index in [0.717, 1.165) is 56.6 Å². The van der Waals surface area contributed by atoms with Gasteiger partial charge in [-0.15, -0.1) is 0 Å². The molecule has 2 amide bonds. The molecule has 156 valence electrons. The molecule has 0 saturated carbocycles. The lowest BCUT2D eigenvalue weighted by Gasteiger charge is -2.32. The monoisotopic (exact) mass is 396 g/mol. The van der Waals surface area contributed by atoms with Crippen LogP contribution >= 0.6 is 0 Å². The van der Waals surface area contributed by atoms with Crippen LogP contribution in [-0.4, -0.2) is 36.3 Å². The summed E-state index contributed by atoms with van der Waals surface area (Å²) in [5, 5.41) is 2.59. The number of nitrogen functional groups attached to an aromatic ring is 1. The molecule has 1 aromatic carbocycles. The number of aryl methyl sites for hydroxylation is 1. The molecule has 0 spiro atoms. The van der Waals surface area contributed by atoms with Crippen LogP contribution in [0.5, 0.6) is 0 Å². The van der Waals surface area contributed by atoms with Crippen molar-refractivity contribution in [1.82, 2.24) is 10.2 Å². The van der Waals surface area contributed by atoms with Gasteiger partial charge in [0.25, 0.3) is 0 Å². The Morgan fingerprint density at radius 3 is 2.48 bits per heavy atom. The number of nitrogens with zero attached hydrogens (tertiary/aromatic N) is 1. The number of nitrogens with one attached hydrogen (secondary N) is 1. The third-order valence-corrected chi connectivity index (χ3v) is 5.87. The van der Waals surface area contributed by atoms with Crippen molar-refractivity contribution in [3.63, 3.8) is 0 Å². The molecular formula is C23H32N4O2. The van der Waals surface area contributed by atoms with Gasteiger partial charge in [0.1, 0.15) is 0 Å². The first-order chi connectivity index (χ1) is 14.0. The Bertz CT molecular complexity index is 762. The summed E-state index contributed by atoms with van der Waals surface area (Å²) in [5.41, 5.74) is 14.0. The average Bonchev–Trinajstić information content (AvgIpc) is 2.73. The van der Waals surface area contributed by atoms with Gasteiger partial charge in [-0.2, -0.15) is 0 Å². The third-order valence-electron chi connectivity index (χ3n) is 5.87. The molecule has 1 aliphatic carbocycles. The molecule has 6 nitrogen and oxygen atoms in total. The van der Waals surface area contributed by atoms with E-state index in [1.807, 2.05) is 30.3 Å². The highest BCUT2D eigenvalue weighted by Crippen LogP contribution is 2.21. The number of likely N-dealkylation sites (tertiary alicyclic amines) is 1. The molecule has 1 saturated heterocycles. The Morgan fingerprint density at radius 1 is 1.10 bits per heavy atom. The van der Waals surface area contributed by atoms with Crippen LogP contribution in [-0.2, 0) is 16.0 Å². The van der Waals surface area contributed by atoms with Gasteiger partial charge in [-0.25, -0.2) is 0 Å². The lowest BCUT2D eigenvalue weighted by atomic mass is 9.93. The van der Waals surface area contributed by atoms with Crippen molar-refractivity contribution in [3.8, 4) is 0 Å². The molecule has 1 atom stereocenters. The van der Waals surface area contributed by atoms with Crippen LogP contribution in [0, 0.1) is 11.8 Å². The molecule has 29 heavy (non-hydrogen) atoms. The van der Waals surface area contributed by atoms with E-state index in [4.69, 9.17) is 11.5 Å². The second-order valence-electron chi connectivity index (χ2n) is 8.12. The van der Waals surface area contributed by atoms with E-state index in [1.54, 1.807) is 0 Å². The van der Waals surface area contributed by atoms with Crippen molar-refractivity contribution in [3.05, 3.63) is 53.8 Å². The number of piperidine rings is 1. The molecule has 5 N–H and O–H groups in total. The Balaban J connectivity index is 1.32. The number of hydrogen-bond donors (Lipinski definition) is 3. The topological polar surface area (TPSA) is 101 Å². The lowest BCUT2D eigenvalue weighted by Crippen LogP contribution is -2.42. The Morgan fingerprint density at radius 2 is 1.83 bits per heavy atom. The van der Waals surface area contributed by atoms with E-state index in [2.05, 4.69) is 22.4 Å². The summed E-state index contributed by atoms with van der Waals surface area (Å²) in [6.07, 6.45) is 10.9. The van der Waals surface area contributed by atoms with Gasteiger partial charge in [0, 0.05) is 23.7 Å². The molecule has 1 unspecified atom stereocenters. The van der Waals surface area contributed by atoms with E-state index < -0.39 is 0 Å². The summed E-state index contributed by atoms with van der Waals surface area (Å²) in [7, 11) is 0. The van der Waals surface area contributed by atoms with Crippen LogP contribution in [0.15, 0.2) is 48.2 Å². The SMILES string of the molecule is NC1=CCC(CCN2CCC(C(=O)NC(=O)CCc3ccc(N)cc3)CC2)C=C1. The number of nitrogens with two attached hydrogens (primary N) is 2. The van der Waals surface area contributed by atoms with Crippen LogP contribution < -0.4 is 16.8 Å². The summed E-state index contributed by atoms with van der Waals surface area (Å²) < 4.78 is 0. The van der Waals surface area contributed by atoms with Gasteiger partial charge in [-0.3, -0.25) is 14.9 Å². The summed E-state index contributed by atoms with van der Waals surface area (Å²) in [4.78, 5) is 26.9. The summed E-state index contributed by atoms with van der Waals surface area (Å²) in [5.74, 6) is 0.166. The second-order valence-corrected chi connectivity index (χ2v) is 8.12. The normalized spacial score (nSPS) is 20.3. The molecule has 1 aliphatic heterocycles. The molecule has 0 bridgehead atoms. The van der Waals surface area contributed by atoms with Crippen LogP contribution in [0.1, 0.15) is 37.7 Å². The maximum atomic E-state index is 12.4. The Kier molecular flexibility index (Phi) is 7.47. The maximum Gasteiger partial charge on any atom is 0.229 e. The number of anilines is 1. The molecule has 6 heteroatoms. The summed E-state index contributed by atoms with van der Waals surface area (Å²) in [6, 6.07) is 7.47. The zero-order valence-corrected chi connectivity index (χ0v) is 17.0. The number of benzene rings is 1. The second kappa shape index (κ2) is 10.3. The first-order valence-corrected chi connectivity index (χ1v) is 10.5. The molecule has 3 rings (SSSR count). The van der Waals surface area contributed by atoms with Gasteiger partial charge >= 0.3 is 0 Å². The zero-order valence-electron chi connectivity index (χ0n) is 17.0. The standard InChI is InChI=1S/C23H32N4O2/c24-20-6-1-17(2-7-20)5-10-22(28)26-23(29)19-12-15-27(16-13-19)14-11-18-3-8-21(25)9-4-18/h1-3,6-9,18-19H,4-5,10-16,24-25H2,(H,26,28,29). The van der Waals surface area contributed by atoms with Gasteiger partial charge < -0.3 is 16.4 Å². The van der Waals surface area contributed by atoms with E-state index in [-0.39, 0.29) is 17.7 Å². The van der Waals surface area contributed by atoms with Crippen LogP contribution in [0.4, 0.5) is 5.69 Å². The Hall–Kier alpha value is -2.60. The van der Waals surface area contributed by atoms with Crippen LogP contribution in [0.3, 0.4) is 0 Å². The fourth-order valence-electron chi connectivity index (χ4n) is 3.91. The largest absolute Gasteiger partial charge is 0.399 e. The molecule has 0 aromatic heterocycles.